The number of esters is 6. The van der Waals surface area contributed by atoms with Crippen molar-refractivity contribution in [1.29, 1.82) is 0 Å². The minimum atomic E-state index is -0.651. The Morgan fingerprint density at radius 2 is 1.16 bits per heavy atom. The maximum absolute atomic E-state index is 14.0. The predicted molar refractivity (Wildman–Crippen MR) is 237 cm³/mol. The van der Waals surface area contributed by atoms with Gasteiger partial charge in [-0.1, -0.05) is 58.9 Å². The number of carbonyl (C=O) groups excluding carboxylic acids is 6. The molecule has 5 fully saturated rings. The molecule has 0 unspecified atom stereocenters. The van der Waals surface area contributed by atoms with Crippen molar-refractivity contribution in [2.24, 2.45) is 56.7 Å². The van der Waals surface area contributed by atoms with Crippen molar-refractivity contribution in [3.8, 4) is 23.0 Å². The molecule has 0 bridgehead atoms. The van der Waals surface area contributed by atoms with Crippen LogP contribution in [0.5, 0.6) is 23.0 Å². The molecule has 5 aliphatic rings. The van der Waals surface area contributed by atoms with Gasteiger partial charge in [0.25, 0.3) is 0 Å². The Bertz CT molecular complexity index is 2260. The second kappa shape index (κ2) is 17.1. The topological polar surface area (TPSA) is 158 Å². The Kier molecular flexibility index (Phi) is 12.5. The average molecular weight is 883 g/mol. The zero-order valence-electron chi connectivity index (χ0n) is 39.3. The molecule has 5 saturated carbocycles. The molecule has 346 valence electrons. The van der Waals surface area contributed by atoms with Gasteiger partial charge in [-0.05, 0) is 141 Å². The van der Waals surface area contributed by atoms with E-state index in [1.54, 1.807) is 12.1 Å². The Hall–Kier alpha value is -5.00. The van der Waals surface area contributed by atoms with Crippen molar-refractivity contribution in [2.45, 2.75) is 140 Å². The van der Waals surface area contributed by atoms with Crippen molar-refractivity contribution in [3.63, 3.8) is 0 Å². The summed E-state index contributed by atoms with van der Waals surface area (Å²) in [5, 5.41) is 0. The van der Waals surface area contributed by atoms with Gasteiger partial charge in [0, 0.05) is 38.5 Å². The van der Waals surface area contributed by atoms with Gasteiger partial charge in [0.15, 0.2) is 23.0 Å². The molecule has 10 atom stereocenters. The molecule has 7 rings (SSSR count). The summed E-state index contributed by atoms with van der Waals surface area (Å²) in [6, 6.07) is 9.16. The third-order valence-electron chi connectivity index (χ3n) is 17.3. The monoisotopic (exact) mass is 882 g/mol. The third-order valence-corrected chi connectivity index (χ3v) is 17.3. The molecule has 2 aromatic rings. The van der Waals surface area contributed by atoms with E-state index in [2.05, 4.69) is 48.1 Å². The van der Waals surface area contributed by atoms with Gasteiger partial charge in [0.1, 0.15) is 17.2 Å². The van der Waals surface area contributed by atoms with Gasteiger partial charge in [0.05, 0.1) is 6.61 Å². The first-order valence-corrected chi connectivity index (χ1v) is 23.0. The highest BCUT2D eigenvalue weighted by Gasteiger charge is 2.71. The van der Waals surface area contributed by atoms with Crippen LogP contribution in [-0.4, -0.2) is 48.5 Å². The first kappa shape index (κ1) is 47.0. The molecule has 0 aliphatic heterocycles. The fraction of sp³-hybridized carbons (Fsp3) is 0.615. The Balaban J connectivity index is 1.13. The maximum atomic E-state index is 14.0. The molecule has 0 radical (unpaired) electrons. The van der Waals surface area contributed by atoms with E-state index in [4.69, 9.17) is 28.4 Å². The fourth-order valence-electron chi connectivity index (χ4n) is 14.5. The van der Waals surface area contributed by atoms with E-state index >= 15 is 0 Å². The summed E-state index contributed by atoms with van der Waals surface area (Å²) in [5.74, 6) is -2.41. The van der Waals surface area contributed by atoms with Crippen LogP contribution < -0.4 is 18.9 Å². The van der Waals surface area contributed by atoms with Gasteiger partial charge in [0.2, 0.25) is 0 Å². The molecule has 0 heterocycles. The van der Waals surface area contributed by atoms with E-state index in [1.165, 1.54) is 57.5 Å². The van der Waals surface area contributed by atoms with E-state index in [-0.39, 0.29) is 85.7 Å². The molecule has 0 spiro atoms. The molecule has 0 aromatic heterocycles. The van der Waals surface area contributed by atoms with Crippen molar-refractivity contribution in [1.82, 2.24) is 0 Å². The minimum Gasteiger partial charge on any atom is -0.461 e. The smallest absolute Gasteiger partial charge is 0.342 e. The molecular weight excluding hydrogens is 817 g/mol. The van der Waals surface area contributed by atoms with Crippen molar-refractivity contribution in [2.75, 3.05) is 6.61 Å². The van der Waals surface area contributed by atoms with Crippen LogP contribution in [-0.2, 0) is 28.7 Å². The van der Waals surface area contributed by atoms with Crippen LogP contribution in [0, 0.1) is 56.7 Å². The van der Waals surface area contributed by atoms with Gasteiger partial charge in [-0.3, -0.25) is 19.2 Å². The quantitative estimate of drug-likeness (QED) is 0.127. The van der Waals surface area contributed by atoms with E-state index < -0.39 is 35.8 Å². The number of para-hydroxylation sites is 2. The number of carbonyl (C=O) groups is 6. The number of hydrogen-bond donors (Lipinski definition) is 0. The van der Waals surface area contributed by atoms with E-state index in [1.807, 2.05) is 0 Å². The largest absolute Gasteiger partial charge is 0.461 e. The van der Waals surface area contributed by atoms with Crippen molar-refractivity contribution < 1.29 is 57.2 Å². The second-order valence-corrected chi connectivity index (χ2v) is 21.0. The molecule has 0 amide bonds. The molecule has 5 aliphatic carbocycles. The summed E-state index contributed by atoms with van der Waals surface area (Å²) in [4.78, 5) is 75.9. The molecule has 0 saturated heterocycles. The molecular formula is C52H66O12. The van der Waals surface area contributed by atoms with Crippen LogP contribution in [0.1, 0.15) is 154 Å². The van der Waals surface area contributed by atoms with Gasteiger partial charge in [-0.25, -0.2) is 9.59 Å². The lowest BCUT2D eigenvalue weighted by Gasteiger charge is -2.73. The van der Waals surface area contributed by atoms with E-state index in [9.17, 15) is 28.8 Å². The number of hydrogen-bond acceptors (Lipinski definition) is 12. The summed E-state index contributed by atoms with van der Waals surface area (Å²) in [6.07, 6.45) is 9.17. The summed E-state index contributed by atoms with van der Waals surface area (Å²) < 4.78 is 34.1. The van der Waals surface area contributed by atoms with E-state index in [0.29, 0.717) is 24.2 Å². The van der Waals surface area contributed by atoms with Crippen molar-refractivity contribution >= 4 is 35.8 Å². The molecule has 12 nitrogen and oxygen atoms in total. The van der Waals surface area contributed by atoms with Gasteiger partial charge in [-0.15, -0.1) is 0 Å². The highest BCUT2D eigenvalue weighted by Crippen LogP contribution is 2.77. The lowest BCUT2D eigenvalue weighted by molar-refractivity contribution is -0.249. The van der Waals surface area contributed by atoms with Gasteiger partial charge >= 0.3 is 35.8 Å². The van der Waals surface area contributed by atoms with Crippen LogP contribution in [0.15, 0.2) is 48.6 Å². The summed E-state index contributed by atoms with van der Waals surface area (Å²) in [5.41, 5.74) is 0.633. The lowest BCUT2D eigenvalue weighted by Crippen LogP contribution is -2.67. The van der Waals surface area contributed by atoms with Gasteiger partial charge < -0.3 is 28.4 Å². The van der Waals surface area contributed by atoms with Crippen LogP contribution in [0.2, 0.25) is 0 Å². The number of benzene rings is 2. The minimum absolute atomic E-state index is 0.00843. The Morgan fingerprint density at radius 1 is 0.594 bits per heavy atom. The number of allylic oxidation sites excluding steroid dienone is 1. The molecule has 2 aromatic carbocycles. The predicted octanol–water partition coefficient (Wildman–Crippen LogP) is 10.4. The van der Waals surface area contributed by atoms with Crippen LogP contribution in [0.3, 0.4) is 0 Å². The Morgan fingerprint density at radius 3 is 1.70 bits per heavy atom. The standard InChI is InChI=1S/C52H66O12/c1-29(2)34-20-25-52(28-59-46(57)35-14-12-16-38(60-30(3)53)44(35)62-32(5)55)27-26-50(10)37(43(34)52)18-19-41-49(9)23-22-42(48(7,8)40(49)21-24-51(41,50)11)64-47(58)36-15-13-17-39(61-31(4)54)45(36)63-33(6)56/h12-17,34,37,40-43H,1,18-28H2,2-11H3/t34-,37+,40-,41+,42-,43+,49-,50+,51+,52+/m0/s1. The van der Waals surface area contributed by atoms with Crippen LogP contribution in [0.4, 0.5) is 0 Å². The number of rotatable bonds is 10. The second-order valence-electron chi connectivity index (χ2n) is 21.0. The first-order valence-electron chi connectivity index (χ1n) is 23.0. The average Bonchev–Trinajstić information content (AvgIpc) is 3.59. The molecule has 64 heavy (non-hydrogen) atoms. The van der Waals surface area contributed by atoms with Crippen molar-refractivity contribution in [3.05, 3.63) is 59.7 Å². The summed E-state index contributed by atoms with van der Waals surface area (Å²) >= 11 is 0. The first-order chi connectivity index (χ1) is 30.0. The SMILES string of the molecule is C=C(C)[C@@H]1CC[C@]2(COC(=O)c3cccc(OC(C)=O)c3OC(C)=O)CC[C@]3(C)[C@H](CC[C@@H]4[C@@]5(C)CC[C@H](OC(=O)c6cccc(OC(C)=O)c6OC(C)=O)C(C)(C)[C@@H]5CC[C@]43C)[C@@H]12. The number of fused-ring (bicyclic) bond motifs is 7. The Labute approximate surface area is 377 Å². The highest BCUT2D eigenvalue weighted by molar-refractivity contribution is 5.96. The maximum Gasteiger partial charge on any atom is 0.342 e. The van der Waals surface area contributed by atoms with E-state index in [0.717, 1.165) is 57.8 Å². The zero-order valence-corrected chi connectivity index (χ0v) is 39.3. The van der Waals surface area contributed by atoms with Gasteiger partial charge in [-0.2, -0.15) is 0 Å². The highest BCUT2D eigenvalue weighted by atomic mass is 16.6. The number of ether oxygens (including phenoxy) is 6. The molecule has 0 N–H and O–H groups in total. The summed E-state index contributed by atoms with van der Waals surface area (Å²) in [6.45, 7) is 23.9. The zero-order chi connectivity index (χ0) is 46.7. The van der Waals surface area contributed by atoms with Crippen LogP contribution >= 0.6 is 0 Å². The normalized spacial score (nSPS) is 33.4. The molecule has 12 heteroatoms. The lowest BCUT2D eigenvalue weighted by atomic mass is 9.32. The summed E-state index contributed by atoms with van der Waals surface area (Å²) in [7, 11) is 0. The third kappa shape index (κ3) is 7.94. The van der Waals surface area contributed by atoms with Crippen LogP contribution in [0.25, 0.3) is 0 Å². The fourth-order valence-corrected chi connectivity index (χ4v) is 14.5.